The van der Waals surface area contributed by atoms with Crippen LogP contribution in [0.3, 0.4) is 0 Å². The van der Waals surface area contributed by atoms with Crippen molar-refractivity contribution < 1.29 is 0 Å². The molecule has 0 amide bonds. The second-order valence-electron chi connectivity index (χ2n) is 7.74. The third kappa shape index (κ3) is 3.96. The number of aryl methyl sites for hydroxylation is 1. The van der Waals surface area contributed by atoms with Gasteiger partial charge in [0.1, 0.15) is 5.82 Å². The third-order valence-electron chi connectivity index (χ3n) is 5.40. The quantitative estimate of drug-likeness (QED) is 0.662. The molecule has 146 valence electrons. The molecular formula is C22H26ClN5. The van der Waals surface area contributed by atoms with Gasteiger partial charge in [-0.25, -0.2) is 9.97 Å². The van der Waals surface area contributed by atoms with Gasteiger partial charge in [-0.15, -0.1) is 0 Å². The zero-order chi connectivity index (χ0) is 19.7. The lowest BCUT2D eigenvalue weighted by molar-refractivity contribution is 0.271. The van der Waals surface area contributed by atoms with E-state index in [1.54, 1.807) is 0 Å². The highest BCUT2D eigenvalue weighted by molar-refractivity contribution is 6.30. The lowest BCUT2D eigenvalue weighted by Gasteiger charge is -2.19. The zero-order valence-electron chi connectivity index (χ0n) is 16.7. The minimum absolute atomic E-state index is 0.296. The van der Waals surface area contributed by atoms with Gasteiger partial charge in [-0.1, -0.05) is 37.6 Å². The number of nitrogens with zero attached hydrogens (tertiary/aromatic N) is 5. The van der Waals surface area contributed by atoms with E-state index in [1.165, 1.54) is 17.0 Å². The minimum Gasteiger partial charge on any atom is -0.297 e. The van der Waals surface area contributed by atoms with Gasteiger partial charge in [0.25, 0.3) is 0 Å². The molecule has 1 aliphatic rings. The Hall–Kier alpha value is -2.24. The third-order valence-corrected chi connectivity index (χ3v) is 5.65. The molecule has 4 rings (SSSR count). The number of rotatable bonds is 4. The van der Waals surface area contributed by atoms with Gasteiger partial charge in [-0.3, -0.25) is 9.58 Å². The molecule has 0 radical (unpaired) electrons. The van der Waals surface area contributed by atoms with Crippen LogP contribution < -0.4 is 0 Å². The van der Waals surface area contributed by atoms with E-state index >= 15 is 0 Å². The molecule has 0 atom stereocenters. The molecule has 0 bridgehead atoms. The van der Waals surface area contributed by atoms with Crippen LogP contribution in [0, 0.1) is 0 Å². The van der Waals surface area contributed by atoms with Crippen molar-refractivity contribution in [1.82, 2.24) is 24.6 Å². The first-order chi connectivity index (χ1) is 13.5. The summed E-state index contributed by atoms with van der Waals surface area (Å²) >= 11 is 6.10. The summed E-state index contributed by atoms with van der Waals surface area (Å²) in [5.41, 5.74) is 5.88. The van der Waals surface area contributed by atoms with Crippen LogP contribution >= 0.6 is 11.6 Å². The Kier molecular flexibility index (Phi) is 5.47. The van der Waals surface area contributed by atoms with Crippen molar-refractivity contribution in [1.29, 1.82) is 0 Å². The Morgan fingerprint density at radius 1 is 1.04 bits per heavy atom. The zero-order valence-corrected chi connectivity index (χ0v) is 17.4. The first-order valence-corrected chi connectivity index (χ1v) is 10.2. The average molecular weight is 396 g/mol. The average Bonchev–Trinajstić information content (AvgIpc) is 2.96. The molecule has 0 unspecified atom stereocenters. The van der Waals surface area contributed by atoms with Crippen LogP contribution in [-0.2, 0) is 26.4 Å². The molecule has 2 aromatic heterocycles. The number of benzene rings is 1. The molecule has 0 saturated heterocycles. The largest absolute Gasteiger partial charge is 0.297 e. The standard InChI is InChI=1S/C22H26ClN5/c1-15(2)22-25-20-10-13-28(14-18-8-11-24-27(18)3)12-9-19(20)21(26-22)16-4-6-17(23)7-5-16/h4-8,11,15H,9-10,12-14H2,1-3H3. The maximum atomic E-state index is 6.10. The Morgan fingerprint density at radius 2 is 1.79 bits per heavy atom. The Morgan fingerprint density at radius 3 is 2.46 bits per heavy atom. The molecule has 0 N–H and O–H groups in total. The van der Waals surface area contributed by atoms with E-state index in [-0.39, 0.29) is 0 Å². The molecule has 1 aromatic carbocycles. The maximum absolute atomic E-state index is 6.10. The highest BCUT2D eigenvalue weighted by atomic mass is 35.5. The molecule has 1 aliphatic heterocycles. The predicted octanol–water partition coefficient (Wildman–Crippen LogP) is 4.25. The van der Waals surface area contributed by atoms with Crippen LogP contribution in [0.15, 0.2) is 36.5 Å². The summed E-state index contributed by atoms with van der Waals surface area (Å²) in [4.78, 5) is 12.4. The summed E-state index contributed by atoms with van der Waals surface area (Å²) < 4.78 is 1.95. The molecule has 0 aliphatic carbocycles. The fraction of sp³-hybridized carbons (Fsp3) is 0.409. The SMILES string of the molecule is CC(C)c1nc2c(c(-c3ccc(Cl)cc3)n1)CCN(Cc1ccnn1C)CC2. The van der Waals surface area contributed by atoms with Gasteiger partial charge >= 0.3 is 0 Å². The molecule has 3 heterocycles. The fourth-order valence-electron chi connectivity index (χ4n) is 3.71. The molecule has 0 spiro atoms. The van der Waals surface area contributed by atoms with Gasteiger partial charge in [-0.05, 0) is 24.6 Å². The molecule has 3 aromatic rings. The van der Waals surface area contributed by atoms with Crippen molar-refractivity contribution >= 4 is 11.6 Å². The first-order valence-electron chi connectivity index (χ1n) is 9.86. The maximum Gasteiger partial charge on any atom is 0.131 e. The van der Waals surface area contributed by atoms with Crippen LogP contribution in [0.2, 0.25) is 5.02 Å². The Balaban J connectivity index is 1.67. The predicted molar refractivity (Wildman–Crippen MR) is 112 cm³/mol. The summed E-state index contributed by atoms with van der Waals surface area (Å²) in [7, 11) is 2.00. The van der Waals surface area contributed by atoms with Crippen LogP contribution in [-0.4, -0.2) is 37.7 Å². The summed E-state index contributed by atoms with van der Waals surface area (Å²) in [6.45, 7) is 7.19. The van der Waals surface area contributed by atoms with Crippen molar-refractivity contribution in [3.8, 4) is 11.3 Å². The Bertz CT molecular complexity index is 962. The monoisotopic (exact) mass is 395 g/mol. The van der Waals surface area contributed by atoms with Crippen LogP contribution in [0.25, 0.3) is 11.3 Å². The van der Waals surface area contributed by atoms with Gasteiger partial charge in [0.05, 0.1) is 11.4 Å². The van der Waals surface area contributed by atoms with Gasteiger partial charge < -0.3 is 0 Å². The Labute approximate surface area is 171 Å². The molecule has 6 heteroatoms. The number of fused-ring (bicyclic) bond motifs is 1. The lowest BCUT2D eigenvalue weighted by Crippen LogP contribution is -2.27. The van der Waals surface area contributed by atoms with E-state index in [1.807, 2.05) is 30.1 Å². The highest BCUT2D eigenvalue weighted by Crippen LogP contribution is 2.29. The topological polar surface area (TPSA) is 46.8 Å². The van der Waals surface area contributed by atoms with Crippen molar-refractivity contribution in [3.63, 3.8) is 0 Å². The highest BCUT2D eigenvalue weighted by Gasteiger charge is 2.22. The summed E-state index contributed by atoms with van der Waals surface area (Å²) in [6.07, 6.45) is 3.75. The van der Waals surface area contributed by atoms with Crippen molar-refractivity contribution in [2.45, 2.75) is 39.2 Å². The van der Waals surface area contributed by atoms with Gasteiger partial charge in [-0.2, -0.15) is 5.10 Å². The van der Waals surface area contributed by atoms with Crippen molar-refractivity contribution in [3.05, 3.63) is 64.3 Å². The number of aromatic nitrogens is 4. The van der Waals surface area contributed by atoms with E-state index < -0.39 is 0 Å². The van der Waals surface area contributed by atoms with E-state index in [9.17, 15) is 0 Å². The summed E-state index contributed by atoms with van der Waals surface area (Å²) in [6, 6.07) is 10.1. The normalized spacial score (nSPS) is 14.9. The van der Waals surface area contributed by atoms with Crippen LogP contribution in [0.4, 0.5) is 0 Å². The van der Waals surface area contributed by atoms with Gasteiger partial charge in [0.2, 0.25) is 0 Å². The van der Waals surface area contributed by atoms with E-state index in [0.29, 0.717) is 5.92 Å². The first kappa shape index (κ1) is 19.1. The van der Waals surface area contributed by atoms with Gasteiger partial charge in [0, 0.05) is 67.1 Å². The molecular weight excluding hydrogens is 370 g/mol. The number of hydrogen-bond donors (Lipinski definition) is 0. The number of halogens is 1. The summed E-state index contributed by atoms with van der Waals surface area (Å²) in [5.74, 6) is 1.22. The fourth-order valence-corrected chi connectivity index (χ4v) is 3.84. The van der Waals surface area contributed by atoms with Crippen LogP contribution in [0.5, 0.6) is 0 Å². The summed E-state index contributed by atoms with van der Waals surface area (Å²) in [5, 5.41) is 5.04. The van der Waals surface area contributed by atoms with E-state index in [4.69, 9.17) is 21.6 Å². The molecule has 0 saturated carbocycles. The molecule has 5 nitrogen and oxygen atoms in total. The smallest absolute Gasteiger partial charge is 0.131 e. The molecule has 0 fully saturated rings. The second kappa shape index (κ2) is 8.02. The van der Waals surface area contributed by atoms with E-state index in [0.717, 1.165) is 54.6 Å². The number of hydrogen-bond acceptors (Lipinski definition) is 4. The minimum atomic E-state index is 0.296. The van der Waals surface area contributed by atoms with Crippen LogP contribution in [0.1, 0.15) is 42.5 Å². The van der Waals surface area contributed by atoms with Crippen molar-refractivity contribution in [2.24, 2.45) is 7.05 Å². The lowest BCUT2D eigenvalue weighted by atomic mass is 10.00. The van der Waals surface area contributed by atoms with Crippen molar-refractivity contribution in [2.75, 3.05) is 13.1 Å². The molecule has 28 heavy (non-hydrogen) atoms. The second-order valence-corrected chi connectivity index (χ2v) is 8.18. The van der Waals surface area contributed by atoms with Gasteiger partial charge in [0.15, 0.2) is 0 Å². The van der Waals surface area contributed by atoms with E-state index in [2.05, 4.69) is 42.0 Å².